The van der Waals surface area contributed by atoms with Crippen LogP contribution in [0, 0.1) is 24.7 Å². The number of aryl methyl sites for hydroxylation is 2. The molecule has 1 saturated carbocycles. The zero-order valence-electron chi connectivity index (χ0n) is 27.7. The zero-order valence-corrected chi connectivity index (χ0v) is 27.7. The molecule has 3 aromatic carbocycles. The molecule has 3 fully saturated rings. The normalized spacial score (nSPS) is 30.1. The smallest absolute Gasteiger partial charge is 0.335 e. The van der Waals surface area contributed by atoms with Gasteiger partial charge < -0.3 is 44.8 Å². The van der Waals surface area contributed by atoms with Gasteiger partial charge in [-0.2, -0.15) is 0 Å². The second-order valence-electron chi connectivity index (χ2n) is 13.9. The maximum atomic E-state index is 13.4. The minimum absolute atomic E-state index is 0.0219. The second-order valence-corrected chi connectivity index (χ2v) is 13.9. The summed E-state index contributed by atoms with van der Waals surface area (Å²) in [5.41, 5.74) is -0.732. The molecule has 8 atom stereocenters. The summed E-state index contributed by atoms with van der Waals surface area (Å²) in [5, 5.41) is 66.3. The molecule has 1 aliphatic carbocycles. The van der Waals surface area contributed by atoms with Crippen molar-refractivity contribution in [2.45, 2.75) is 88.5 Å². The molecule has 0 spiro atoms. The molecule has 3 aromatic rings. The molecular formula is C38H46O11. The lowest BCUT2D eigenvalue weighted by molar-refractivity contribution is -0.315. The van der Waals surface area contributed by atoms with Crippen LogP contribution in [0.4, 0.5) is 0 Å². The van der Waals surface area contributed by atoms with Crippen LogP contribution in [-0.4, -0.2) is 92.4 Å². The number of hydrogen-bond donors (Lipinski definition) is 6. The Hall–Kier alpha value is -3.58. The highest BCUT2D eigenvalue weighted by Crippen LogP contribution is 2.45. The lowest BCUT2D eigenvalue weighted by Crippen LogP contribution is -2.68. The van der Waals surface area contributed by atoms with Crippen LogP contribution >= 0.6 is 0 Å². The van der Waals surface area contributed by atoms with Gasteiger partial charge in [0.15, 0.2) is 5.78 Å². The average Bonchev–Trinajstić information content (AvgIpc) is 3.10. The van der Waals surface area contributed by atoms with Crippen molar-refractivity contribution in [3.05, 3.63) is 70.8 Å². The number of aliphatic hydroxyl groups is 4. The summed E-state index contributed by atoms with van der Waals surface area (Å²) in [6, 6.07) is 13.5. The number of aliphatic hydroxyl groups excluding tert-OH is 3. The van der Waals surface area contributed by atoms with E-state index in [1.54, 1.807) is 13.0 Å². The molecule has 6 N–H and O–H groups in total. The molecule has 3 aliphatic rings. The Bertz CT molecular complexity index is 1650. The molecule has 6 rings (SSSR count). The van der Waals surface area contributed by atoms with Crippen LogP contribution in [0.25, 0.3) is 10.8 Å². The molecule has 264 valence electrons. The number of carbonyl (C=O) groups excluding carboxylic acids is 1. The topological polar surface area (TPSA) is 183 Å². The van der Waals surface area contributed by atoms with Gasteiger partial charge in [-0.1, -0.05) is 49.2 Å². The van der Waals surface area contributed by atoms with Crippen molar-refractivity contribution in [3.8, 4) is 11.5 Å². The fraction of sp³-hybridized carbons (Fsp3) is 0.526. The van der Waals surface area contributed by atoms with E-state index in [4.69, 9.17) is 14.2 Å². The Morgan fingerprint density at radius 3 is 2.57 bits per heavy atom. The van der Waals surface area contributed by atoms with E-state index in [-0.39, 0.29) is 46.3 Å². The number of carboxylic acid groups (broad SMARTS) is 1. The lowest BCUT2D eigenvalue weighted by atomic mass is 9.67. The van der Waals surface area contributed by atoms with E-state index in [1.807, 2.05) is 30.3 Å². The van der Waals surface area contributed by atoms with Crippen molar-refractivity contribution >= 4 is 22.5 Å². The summed E-state index contributed by atoms with van der Waals surface area (Å²) in [4.78, 5) is 25.5. The van der Waals surface area contributed by atoms with Gasteiger partial charge in [0.25, 0.3) is 0 Å². The minimum atomic E-state index is -1.99. The molecule has 11 nitrogen and oxygen atoms in total. The first-order chi connectivity index (χ1) is 23.5. The highest BCUT2D eigenvalue weighted by Gasteiger charge is 2.55. The number of fused-ring (bicyclic) bond motifs is 2. The van der Waals surface area contributed by atoms with Gasteiger partial charge >= 0.3 is 5.97 Å². The molecule has 49 heavy (non-hydrogen) atoms. The van der Waals surface area contributed by atoms with Gasteiger partial charge in [0, 0.05) is 19.6 Å². The van der Waals surface area contributed by atoms with Crippen molar-refractivity contribution in [2.75, 3.05) is 19.8 Å². The Morgan fingerprint density at radius 1 is 1.06 bits per heavy atom. The summed E-state index contributed by atoms with van der Waals surface area (Å²) < 4.78 is 17.6. The SMILES string of the molecule is Cc1cc2cc(C(=O)O)cc(OC3OC(CO)C(O)(CCC4CCCC5COCCC45)C(O)C3O)c2c(O)c1C(=O)CCc1ccccc1. The zero-order chi connectivity index (χ0) is 34.9. The van der Waals surface area contributed by atoms with Crippen LogP contribution in [0.3, 0.4) is 0 Å². The predicted molar refractivity (Wildman–Crippen MR) is 179 cm³/mol. The summed E-state index contributed by atoms with van der Waals surface area (Å²) in [6.07, 6.45) is -1.33. The Balaban J connectivity index is 1.26. The van der Waals surface area contributed by atoms with Gasteiger partial charge in [-0.05, 0) is 85.4 Å². The molecule has 8 unspecified atom stereocenters. The van der Waals surface area contributed by atoms with Crippen molar-refractivity contribution in [1.29, 1.82) is 0 Å². The highest BCUT2D eigenvalue weighted by molar-refractivity contribution is 6.09. The van der Waals surface area contributed by atoms with Crippen LogP contribution in [0.5, 0.6) is 11.5 Å². The van der Waals surface area contributed by atoms with Gasteiger partial charge in [-0.25, -0.2) is 4.79 Å². The van der Waals surface area contributed by atoms with E-state index in [2.05, 4.69) is 0 Å². The maximum absolute atomic E-state index is 13.4. The third-order valence-electron chi connectivity index (χ3n) is 11.0. The van der Waals surface area contributed by atoms with Crippen LogP contribution in [0.1, 0.15) is 76.8 Å². The molecule has 0 radical (unpaired) electrons. The van der Waals surface area contributed by atoms with E-state index >= 15 is 0 Å². The van der Waals surface area contributed by atoms with Crippen molar-refractivity contribution in [2.24, 2.45) is 17.8 Å². The summed E-state index contributed by atoms with van der Waals surface area (Å²) in [5.74, 6) is -1.03. The number of ether oxygens (including phenoxy) is 3. The minimum Gasteiger partial charge on any atom is -0.506 e. The average molecular weight is 679 g/mol. The predicted octanol–water partition coefficient (Wildman–Crippen LogP) is 4.15. The third-order valence-corrected chi connectivity index (χ3v) is 11.0. The number of Topliss-reactive ketones (excluding diaryl/α,β-unsaturated/α-hetero) is 1. The molecule has 0 bridgehead atoms. The number of benzene rings is 3. The monoisotopic (exact) mass is 678 g/mol. The number of hydrogen-bond acceptors (Lipinski definition) is 10. The number of carbonyl (C=O) groups is 2. The number of aromatic carboxylic acids is 1. The first kappa shape index (κ1) is 35.3. The number of phenolic OH excluding ortho intramolecular Hbond substituents is 1. The van der Waals surface area contributed by atoms with E-state index in [9.17, 15) is 40.2 Å². The van der Waals surface area contributed by atoms with Gasteiger partial charge in [0.05, 0.1) is 23.1 Å². The van der Waals surface area contributed by atoms with Crippen LogP contribution in [0.2, 0.25) is 0 Å². The van der Waals surface area contributed by atoms with Crippen LogP contribution in [0.15, 0.2) is 48.5 Å². The molecule has 2 aliphatic heterocycles. The van der Waals surface area contributed by atoms with Crippen molar-refractivity contribution < 1.29 is 54.4 Å². The number of aromatic hydroxyl groups is 1. The summed E-state index contributed by atoms with van der Waals surface area (Å²) in [6.45, 7) is 2.38. The number of ketones is 1. The number of rotatable bonds is 11. The van der Waals surface area contributed by atoms with Crippen LogP contribution in [-0.2, 0) is 15.9 Å². The second kappa shape index (κ2) is 14.7. The van der Waals surface area contributed by atoms with Crippen LogP contribution < -0.4 is 4.74 Å². The largest absolute Gasteiger partial charge is 0.506 e. The quantitative estimate of drug-likeness (QED) is 0.160. The van der Waals surface area contributed by atoms with E-state index in [0.29, 0.717) is 42.8 Å². The van der Waals surface area contributed by atoms with Gasteiger partial charge in [0.1, 0.15) is 35.4 Å². The molecular weight excluding hydrogens is 632 g/mol. The Labute approximate surface area is 285 Å². The van der Waals surface area contributed by atoms with E-state index < -0.39 is 48.5 Å². The molecule has 2 heterocycles. The van der Waals surface area contributed by atoms with Gasteiger partial charge in [0.2, 0.25) is 6.29 Å². The first-order valence-electron chi connectivity index (χ1n) is 17.2. The van der Waals surface area contributed by atoms with Crippen molar-refractivity contribution in [3.63, 3.8) is 0 Å². The van der Waals surface area contributed by atoms with Gasteiger partial charge in [-0.3, -0.25) is 4.79 Å². The number of carboxylic acids is 1. The fourth-order valence-electron chi connectivity index (χ4n) is 8.31. The summed E-state index contributed by atoms with van der Waals surface area (Å²) in [7, 11) is 0. The van der Waals surface area contributed by atoms with E-state index in [0.717, 1.165) is 43.9 Å². The lowest BCUT2D eigenvalue weighted by Gasteiger charge is -2.49. The Kier molecular flexibility index (Phi) is 10.6. The fourth-order valence-corrected chi connectivity index (χ4v) is 8.31. The summed E-state index contributed by atoms with van der Waals surface area (Å²) >= 11 is 0. The molecule has 2 saturated heterocycles. The Morgan fingerprint density at radius 2 is 1.84 bits per heavy atom. The molecule has 0 amide bonds. The van der Waals surface area contributed by atoms with Crippen molar-refractivity contribution in [1.82, 2.24) is 0 Å². The first-order valence-corrected chi connectivity index (χ1v) is 17.2. The van der Waals surface area contributed by atoms with E-state index in [1.165, 1.54) is 6.07 Å². The highest BCUT2D eigenvalue weighted by atomic mass is 16.7. The molecule has 11 heteroatoms. The standard InChI is InChI=1S/C38H46O11/c1-21-16-25-17-26(36(44)45)18-29(32(25)33(41)31(21)28(40)11-10-22-6-3-2-4-7-22)48-37-34(42)35(43)38(46,30(19-39)49-37)14-12-23-8-5-9-24-20-47-15-13-27(23)24/h2-4,6-7,16-18,23-24,27,30,34-35,37,39,41-43,46H,5,8-15,19-20H2,1H3,(H,44,45). The maximum Gasteiger partial charge on any atom is 0.335 e. The molecule has 0 aromatic heterocycles. The third kappa shape index (κ3) is 7.06. The number of phenols is 1. The van der Waals surface area contributed by atoms with Gasteiger partial charge in [-0.15, -0.1) is 0 Å².